The molecule has 0 unspecified atom stereocenters. The minimum Gasteiger partial charge on any atom is -0.370 e. The summed E-state index contributed by atoms with van der Waals surface area (Å²) >= 11 is 0. The highest BCUT2D eigenvalue weighted by molar-refractivity contribution is 5.77. The summed E-state index contributed by atoms with van der Waals surface area (Å²) in [5.74, 6) is -0.333. The highest BCUT2D eigenvalue weighted by atomic mass is 14.9. The van der Waals surface area contributed by atoms with E-state index in [0.717, 1.165) is 5.57 Å². The predicted molar refractivity (Wildman–Crippen MR) is 87.2 cm³/mol. The molecule has 11 N–H and O–H groups in total. The van der Waals surface area contributed by atoms with Crippen LogP contribution >= 0.6 is 0 Å². The van der Waals surface area contributed by atoms with Crippen molar-refractivity contribution in [3.8, 4) is 0 Å². The molecule has 0 saturated heterocycles. The van der Waals surface area contributed by atoms with E-state index in [1.807, 2.05) is 36.4 Å². The number of benzene rings is 2. The molecule has 0 aromatic heterocycles. The van der Waals surface area contributed by atoms with Gasteiger partial charge in [0.1, 0.15) is 0 Å². The van der Waals surface area contributed by atoms with E-state index in [9.17, 15) is 0 Å². The molecule has 2 aromatic rings. The van der Waals surface area contributed by atoms with Gasteiger partial charge in [0.15, 0.2) is 5.96 Å². The number of rotatable bonds is 2. The van der Waals surface area contributed by atoms with E-state index in [-0.39, 0.29) is 18.3 Å². The lowest BCUT2D eigenvalue weighted by molar-refractivity contribution is 1.39. The van der Waals surface area contributed by atoms with Crippen LogP contribution in [-0.2, 0) is 0 Å². The molecule has 0 fully saturated rings. The van der Waals surface area contributed by atoms with Crippen LogP contribution in [0.5, 0.6) is 0 Å². The Morgan fingerprint density at radius 3 is 1.25 bits per heavy atom. The van der Waals surface area contributed by atoms with Gasteiger partial charge in [-0.1, -0.05) is 67.2 Å². The van der Waals surface area contributed by atoms with Gasteiger partial charge in [-0.2, -0.15) is 0 Å². The van der Waals surface area contributed by atoms with Crippen LogP contribution in [-0.4, -0.2) is 5.96 Å². The van der Waals surface area contributed by atoms with E-state index in [1.54, 1.807) is 0 Å². The maximum Gasteiger partial charge on any atom is 0.183 e. The smallest absolute Gasteiger partial charge is 0.183 e. The van der Waals surface area contributed by atoms with Crippen molar-refractivity contribution in [2.75, 3.05) is 0 Å². The monoisotopic (exact) mass is 273 g/mol. The molecule has 0 aliphatic heterocycles. The first-order chi connectivity index (χ1) is 8.61. The third-order valence-electron chi connectivity index (χ3n) is 2.24. The zero-order valence-electron chi connectivity index (χ0n) is 11.5. The van der Waals surface area contributed by atoms with Gasteiger partial charge in [0.2, 0.25) is 0 Å². The maximum atomic E-state index is 6.06. The maximum absolute atomic E-state index is 6.06. The second-order valence-corrected chi connectivity index (χ2v) is 3.67. The zero-order valence-corrected chi connectivity index (χ0v) is 11.5. The second kappa shape index (κ2) is 10.3. The number of hydrogen-bond donors (Lipinski definition) is 5. The molecular weight excluding hydrogens is 250 g/mol. The lowest BCUT2D eigenvalue weighted by Crippen LogP contribution is -2.20. The van der Waals surface area contributed by atoms with Crippen LogP contribution in [0.4, 0.5) is 0 Å². The van der Waals surface area contributed by atoms with Crippen LogP contribution in [0.3, 0.4) is 0 Å². The van der Waals surface area contributed by atoms with E-state index in [2.05, 4.69) is 42.3 Å². The van der Waals surface area contributed by atoms with Crippen LogP contribution < -0.4 is 23.8 Å². The molecular formula is C15H23N5. The number of hydrogen-bond acceptors (Lipinski definition) is 3. The summed E-state index contributed by atoms with van der Waals surface area (Å²) in [6.45, 7) is 4.10. The van der Waals surface area contributed by atoms with Crippen molar-refractivity contribution in [3.05, 3.63) is 78.4 Å². The van der Waals surface area contributed by atoms with Crippen LogP contribution in [0.2, 0.25) is 0 Å². The van der Waals surface area contributed by atoms with Crippen molar-refractivity contribution in [2.45, 2.75) is 0 Å². The van der Waals surface area contributed by atoms with Crippen molar-refractivity contribution in [2.24, 2.45) is 11.5 Å². The Balaban J connectivity index is 0. The summed E-state index contributed by atoms with van der Waals surface area (Å²) in [5, 5.41) is 6.06. The van der Waals surface area contributed by atoms with E-state index >= 15 is 0 Å². The highest BCUT2D eigenvalue weighted by Gasteiger charge is 1.99. The highest BCUT2D eigenvalue weighted by Crippen LogP contribution is 2.20. The molecule has 108 valence electrons. The van der Waals surface area contributed by atoms with Gasteiger partial charge in [0.25, 0.3) is 0 Å². The Kier molecular flexibility index (Phi) is 10.2. The van der Waals surface area contributed by atoms with Crippen LogP contribution in [0, 0.1) is 5.41 Å². The minimum atomic E-state index is -0.333. The largest absolute Gasteiger partial charge is 0.370 e. The first-order valence-corrected chi connectivity index (χ1v) is 5.50. The molecule has 0 bridgehead atoms. The summed E-state index contributed by atoms with van der Waals surface area (Å²) in [5.41, 5.74) is 12.4. The molecule has 0 spiro atoms. The molecule has 0 heterocycles. The van der Waals surface area contributed by atoms with Gasteiger partial charge in [0, 0.05) is 0 Å². The minimum absolute atomic E-state index is 0. The van der Waals surface area contributed by atoms with E-state index in [0.29, 0.717) is 0 Å². The van der Waals surface area contributed by atoms with Gasteiger partial charge in [-0.15, -0.1) is 0 Å². The molecule has 0 atom stereocenters. The summed E-state index contributed by atoms with van der Waals surface area (Å²) in [4.78, 5) is 0. The zero-order chi connectivity index (χ0) is 13.4. The van der Waals surface area contributed by atoms with Crippen molar-refractivity contribution < 1.29 is 0 Å². The molecule has 0 saturated carbocycles. The number of nitrogens with two attached hydrogens (primary N) is 2. The fraction of sp³-hybridized carbons (Fsp3) is 0. The number of guanidine groups is 1. The van der Waals surface area contributed by atoms with Crippen LogP contribution in [0.15, 0.2) is 67.2 Å². The van der Waals surface area contributed by atoms with Gasteiger partial charge in [0.05, 0.1) is 0 Å². The van der Waals surface area contributed by atoms with Crippen LogP contribution in [0.25, 0.3) is 5.57 Å². The van der Waals surface area contributed by atoms with Gasteiger partial charge < -0.3 is 23.8 Å². The molecule has 2 rings (SSSR count). The summed E-state index contributed by atoms with van der Waals surface area (Å²) in [7, 11) is 0. The predicted octanol–water partition coefficient (Wildman–Crippen LogP) is 2.91. The molecule has 0 amide bonds. The van der Waals surface area contributed by atoms with Gasteiger partial charge in [-0.25, -0.2) is 0 Å². The van der Waals surface area contributed by atoms with Crippen molar-refractivity contribution in [1.82, 2.24) is 12.3 Å². The Morgan fingerprint density at radius 2 is 1.00 bits per heavy atom. The van der Waals surface area contributed by atoms with Gasteiger partial charge >= 0.3 is 0 Å². The fourth-order valence-corrected chi connectivity index (χ4v) is 1.45. The van der Waals surface area contributed by atoms with Crippen molar-refractivity contribution >= 4 is 11.5 Å². The SMILES string of the molecule is C=C(c1ccccc1)c1ccccc1.N.N.N=C(N)N. The summed E-state index contributed by atoms with van der Waals surface area (Å²) < 4.78 is 0. The first kappa shape index (κ1) is 19.7. The normalized spacial score (nSPS) is 8.00. The van der Waals surface area contributed by atoms with E-state index in [1.165, 1.54) is 11.1 Å². The lowest BCUT2D eigenvalue weighted by atomic mass is 10.0. The molecule has 0 aliphatic rings. The molecule has 20 heavy (non-hydrogen) atoms. The summed E-state index contributed by atoms with van der Waals surface area (Å²) in [6, 6.07) is 20.5. The van der Waals surface area contributed by atoms with Crippen LogP contribution in [0.1, 0.15) is 11.1 Å². The number of nitrogens with one attached hydrogen (secondary N) is 1. The van der Waals surface area contributed by atoms with E-state index in [4.69, 9.17) is 5.41 Å². The molecule has 0 aliphatic carbocycles. The Labute approximate surface area is 120 Å². The lowest BCUT2D eigenvalue weighted by Gasteiger charge is -2.04. The summed E-state index contributed by atoms with van der Waals surface area (Å²) in [6.07, 6.45) is 0. The third kappa shape index (κ3) is 6.95. The molecule has 5 heteroatoms. The quantitative estimate of drug-likeness (QED) is 0.422. The third-order valence-corrected chi connectivity index (χ3v) is 2.24. The average molecular weight is 273 g/mol. The topological polar surface area (TPSA) is 146 Å². The Morgan fingerprint density at radius 1 is 0.750 bits per heavy atom. The molecule has 2 aromatic carbocycles. The standard InChI is InChI=1S/C14H12.CH5N3.2H3N/c1-12(13-8-4-2-5-9-13)14-10-6-3-7-11-14;2-1(3)4;;/h2-11H,1H2;(H5,2,3,4);2*1H3. The van der Waals surface area contributed by atoms with Crippen molar-refractivity contribution in [3.63, 3.8) is 0 Å². The van der Waals surface area contributed by atoms with Crippen molar-refractivity contribution in [1.29, 1.82) is 5.41 Å². The second-order valence-electron chi connectivity index (χ2n) is 3.67. The van der Waals surface area contributed by atoms with Gasteiger partial charge in [-0.3, -0.25) is 5.41 Å². The fourth-order valence-electron chi connectivity index (χ4n) is 1.45. The van der Waals surface area contributed by atoms with Gasteiger partial charge in [-0.05, 0) is 16.7 Å². The first-order valence-electron chi connectivity index (χ1n) is 5.50. The Hall–Kier alpha value is -2.63. The molecule has 5 nitrogen and oxygen atoms in total. The van der Waals surface area contributed by atoms with E-state index < -0.39 is 0 Å². The molecule has 0 radical (unpaired) electrons. The Bertz CT molecular complexity index is 463. The average Bonchev–Trinajstić information content (AvgIpc) is 2.39.